The standard InChI is InChI=1S/C22H22N2O3S/c1-16-8-3-5-10-19(16)15-23-28(26,27)20-12-7-11-18(14-20)22(25)24-21-13-6-4-9-17(21)2/h3-14,23H,15H2,1-2H3,(H,24,25). The van der Waals surface area contributed by atoms with Gasteiger partial charge in [0.25, 0.3) is 5.91 Å². The van der Waals surface area contributed by atoms with Crippen LogP contribution >= 0.6 is 0 Å². The molecule has 0 bridgehead atoms. The van der Waals surface area contributed by atoms with Crippen molar-refractivity contribution in [1.29, 1.82) is 0 Å². The van der Waals surface area contributed by atoms with Crippen molar-refractivity contribution in [2.24, 2.45) is 0 Å². The van der Waals surface area contributed by atoms with Crippen LogP contribution in [0.2, 0.25) is 0 Å². The van der Waals surface area contributed by atoms with E-state index >= 15 is 0 Å². The van der Waals surface area contributed by atoms with E-state index in [0.717, 1.165) is 16.7 Å². The molecule has 5 nitrogen and oxygen atoms in total. The van der Waals surface area contributed by atoms with E-state index in [1.54, 1.807) is 18.2 Å². The third-order valence-corrected chi connectivity index (χ3v) is 5.91. The SMILES string of the molecule is Cc1ccccc1CNS(=O)(=O)c1cccc(C(=O)Nc2ccccc2C)c1. The number of hydrogen-bond donors (Lipinski definition) is 2. The summed E-state index contributed by atoms with van der Waals surface area (Å²) in [4.78, 5) is 12.6. The predicted octanol–water partition coefficient (Wildman–Crippen LogP) is 4.03. The van der Waals surface area contributed by atoms with Crippen LogP contribution in [-0.4, -0.2) is 14.3 Å². The summed E-state index contributed by atoms with van der Waals surface area (Å²) in [6.45, 7) is 4.01. The molecule has 0 aliphatic rings. The third kappa shape index (κ3) is 4.65. The lowest BCUT2D eigenvalue weighted by Gasteiger charge is -2.11. The number of benzene rings is 3. The minimum Gasteiger partial charge on any atom is -0.322 e. The van der Waals surface area contributed by atoms with Gasteiger partial charge in [-0.1, -0.05) is 48.5 Å². The Labute approximate surface area is 165 Å². The Hall–Kier alpha value is -2.96. The molecule has 0 aliphatic carbocycles. The summed E-state index contributed by atoms with van der Waals surface area (Å²) < 4.78 is 27.9. The zero-order valence-electron chi connectivity index (χ0n) is 15.8. The minimum atomic E-state index is -3.74. The van der Waals surface area contributed by atoms with Crippen molar-refractivity contribution in [1.82, 2.24) is 4.72 Å². The number of sulfonamides is 1. The first-order valence-electron chi connectivity index (χ1n) is 8.88. The smallest absolute Gasteiger partial charge is 0.255 e. The van der Waals surface area contributed by atoms with Gasteiger partial charge in [0.2, 0.25) is 10.0 Å². The van der Waals surface area contributed by atoms with E-state index in [0.29, 0.717) is 5.69 Å². The molecule has 3 aromatic rings. The molecule has 3 aromatic carbocycles. The van der Waals surface area contributed by atoms with Crippen LogP contribution in [-0.2, 0) is 16.6 Å². The summed E-state index contributed by atoms with van der Waals surface area (Å²) in [6, 6.07) is 21.0. The van der Waals surface area contributed by atoms with Crippen LogP contribution < -0.4 is 10.0 Å². The zero-order valence-corrected chi connectivity index (χ0v) is 16.6. The van der Waals surface area contributed by atoms with Gasteiger partial charge in [-0.15, -0.1) is 0 Å². The number of anilines is 1. The molecule has 3 rings (SSSR count). The Morgan fingerprint density at radius 3 is 2.25 bits per heavy atom. The van der Waals surface area contributed by atoms with Crippen molar-refractivity contribution in [2.45, 2.75) is 25.3 Å². The summed E-state index contributed by atoms with van der Waals surface area (Å²) in [5.41, 5.74) is 3.82. The fourth-order valence-electron chi connectivity index (χ4n) is 2.78. The lowest BCUT2D eigenvalue weighted by atomic mass is 10.1. The van der Waals surface area contributed by atoms with Gasteiger partial charge in [-0.2, -0.15) is 0 Å². The molecule has 2 N–H and O–H groups in total. The number of rotatable bonds is 6. The second kappa shape index (κ2) is 8.37. The van der Waals surface area contributed by atoms with Crippen molar-refractivity contribution in [3.8, 4) is 0 Å². The maximum absolute atomic E-state index is 12.7. The first kappa shape index (κ1) is 19.8. The van der Waals surface area contributed by atoms with E-state index in [2.05, 4.69) is 10.0 Å². The van der Waals surface area contributed by atoms with Gasteiger partial charge in [0.15, 0.2) is 0 Å². The molecule has 1 amide bonds. The highest BCUT2D eigenvalue weighted by Gasteiger charge is 2.17. The van der Waals surface area contributed by atoms with Crippen LogP contribution in [0.1, 0.15) is 27.0 Å². The average Bonchev–Trinajstić information content (AvgIpc) is 2.69. The van der Waals surface area contributed by atoms with Crippen molar-refractivity contribution in [3.63, 3.8) is 0 Å². The summed E-state index contributed by atoms with van der Waals surface area (Å²) in [5, 5.41) is 2.82. The largest absolute Gasteiger partial charge is 0.322 e. The molecule has 0 fully saturated rings. The Morgan fingerprint density at radius 1 is 0.857 bits per heavy atom. The van der Waals surface area contributed by atoms with Gasteiger partial charge in [-0.05, 0) is 54.8 Å². The van der Waals surface area contributed by atoms with E-state index in [4.69, 9.17) is 0 Å². The lowest BCUT2D eigenvalue weighted by Crippen LogP contribution is -2.24. The highest BCUT2D eigenvalue weighted by Crippen LogP contribution is 2.17. The van der Waals surface area contributed by atoms with Gasteiger partial charge in [0, 0.05) is 17.8 Å². The van der Waals surface area contributed by atoms with Gasteiger partial charge in [-0.3, -0.25) is 4.79 Å². The lowest BCUT2D eigenvalue weighted by molar-refractivity contribution is 0.102. The zero-order chi connectivity index (χ0) is 20.1. The Kier molecular flexibility index (Phi) is 5.92. The number of amides is 1. The number of carbonyl (C=O) groups excluding carboxylic acids is 1. The molecule has 0 radical (unpaired) electrons. The molecule has 0 aromatic heterocycles. The number of carbonyl (C=O) groups is 1. The highest BCUT2D eigenvalue weighted by molar-refractivity contribution is 7.89. The van der Waals surface area contributed by atoms with E-state index in [1.807, 2.05) is 56.3 Å². The molecular weight excluding hydrogens is 372 g/mol. The van der Waals surface area contributed by atoms with Gasteiger partial charge >= 0.3 is 0 Å². The number of hydrogen-bond acceptors (Lipinski definition) is 3. The molecule has 0 unspecified atom stereocenters. The van der Waals surface area contributed by atoms with Crippen molar-refractivity contribution in [2.75, 3.05) is 5.32 Å². The van der Waals surface area contributed by atoms with E-state index in [-0.39, 0.29) is 22.9 Å². The van der Waals surface area contributed by atoms with E-state index in [9.17, 15) is 13.2 Å². The van der Waals surface area contributed by atoms with E-state index in [1.165, 1.54) is 12.1 Å². The monoisotopic (exact) mass is 394 g/mol. The first-order chi connectivity index (χ1) is 13.4. The van der Waals surface area contributed by atoms with E-state index < -0.39 is 10.0 Å². The first-order valence-corrected chi connectivity index (χ1v) is 10.4. The van der Waals surface area contributed by atoms with Crippen LogP contribution in [0.25, 0.3) is 0 Å². The van der Waals surface area contributed by atoms with Crippen LogP contribution in [0.15, 0.2) is 77.7 Å². The van der Waals surface area contributed by atoms with Gasteiger partial charge in [0.05, 0.1) is 4.90 Å². The Morgan fingerprint density at radius 2 is 1.54 bits per heavy atom. The molecule has 6 heteroatoms. The van der Waals surface area contributed by atoms with Crippen LogP contribution in [0.4, 0.5) is 5.69 Å². The molecule has 0 spiro atoms. The molecule has 0 saturated heterocycles. The molecule has 0 heterocycles. The second-order valence-corrected chi connectivity index (χ2v) is 8.31. The predicted molar refractivity (Wildman–Crippen MR) is 111 cm³/mol. The Balaban J connectivity index is 1.77. The summed E-state index contributed by atoms with van der Waals surface area (Å²) in [6.07, 6.45) is 0. The summed E-state index contributed by atoms with van der Waals surface area (Å²) in [7, 11) is -3.74. The fourth-order valence-corrected chi connectivity index (χ4v) is 3.83. The maximum Gasteiger partial charge on any atom is 0.255 e. The Bertz CT molecular complexity index is 1110. The molecule has 0 atom stereocenters. The molecule has 0 saturated carbocycles. The minimum absolute atomic E-state index is 0.0542. The molecule has 0 aliphatic heterocycles. The third-order valence-electron chi connectivity index (χ3n) is 4.51. The van der Waals surface area contributed by atoms with Crippen LogP contribution in [0.5, 0.6) is 0 Å². The quantitative estimate of drug-likeness (QED) is 0.663. The van der Waals surface area contributed by atoms with Gasteiger partial charge < -0.3 is 5.32 Å². The molecule has 144 valence electrons. The topological polar surface area (TPSA) is 75.3 Å². The highest BCUT2D eigenvalue weighted by atomic mass is 32.2. The number of nitrogens with one attached hydrogen (secondary N) is 2. The number of aryl methyl sites for hydroxylation is 2. The number of para-hydroxylation sites is 1. The molecular formula is C22H22N2O3S. The molecule has 28 heavy (non-hydrogen) atoms. The van der Waals surface area contributed by atoms with Crippen LogP contribution in [0.3, 0.4) is 0 Å². The average molecular weight is 394 g/mol. The maximum atomic E-state index is 12.7. The normalized spacial score (nSPS) is 11.2. The second-order valence-electron chi connectivity index (χ2n) is 6.55. The van der Waals surface area contributed by atoms with Crippen molar-refractivity contribution >= 4 is 21.6 Å². The van der Waals surface area contributed by atoms with Crippen molar-refractivity contribution < 1.29 is 13.2 Å². The van der Waals surface area contributed by atoms with Crippen molar-refractivity contribution in [3.05, 3.63) is 95.1 Å². The summed E-state index contributed by atoms with van der Waals surface area (Å²) >= 11 is 0. The van der Waals surface area contributed by atoms with Gasteiger partial charge in [0.1, 0.15) is 0 Å². The van der Waals surface area contributed by atoms with Gasteiger partial charge in [-0.25, -0.2) is 13.1 Å². The van der Waals surface area contributed by atoms with Crippen LogP contribution in [0, 0.1) is 13.8 Å². The fraction of sp³-hybridized carbons (Fsp3) is 0.136. The summed E-state index contributed by atoms with van der Waals surface area (Å²) in [5.74, 6) is -0.356.